The number of benzene rings is 5. The summed E-state index contributed by atoms with van der Waals surface area (Å²) in [7, 11) is -2.25. The average molecular weight is 737 g/mol. The minimum atomic E-state index is -3.12. The summed E-state index contributed by atoms with van der Waals surface area (Å²) >= 11 is -3.12. The van der Waals surface area contributed by atoms with Gasteiger partial charge in [-0.3, -0.25) is 0 Å². The van der Waals surface area contributed by atoms with Gasteiger partial charge >= 0.3 is 264 Å². The van der Waals surface area contributed by atoms with Gasteiger partial charge in [0.05, 0.1) is 0 Å². The Kier molecular flexibility index (Phi) is 6.23. The van der Waals surface area contributed by atoms with Gasteiger partial charge in [0.1, 0.15) is 0 Å². The molecule has 2 aliphatic carbocycles. The molecule has 5 aromatic carbocycles. The second kappa shape index (κ2) is 9.84. The number of hydrogen-bond donors (Lipinski definition) is 0. The molecule has 2 heteroatoms. The van der Waals surface area contributed by atoms with Gasteiger partial charge in [-0.1, -0.05) is 0 Å². The third kappa shape index (κ3) is 3.95. The van der Waals surface area contributed by atoms with Crippen LogP contribution in [0.5, 0.6) is 0 Å². The summed E-state index contributed by atoms with van der Waals surface area (Å²) < 4.78 is 6.73. The van der Waals surface area contributed by atoms with Gasteiger partial charge < -0.3 is 0 Å². The van der Waals surface area contributed by atoms with E-state index >= 15 is 0 Å². The summed E-state index contributed by atoms with van der Waals surface area (Å²) in [5.41, 5.74) is 14.3. The van der Waals surface area contributed by atoms with Crippen LogP contribution in [0.25, 0.3) is 34.4 Å². The van der Waals surface area contributed by atoms with Crippen molar-refractivity contribution in [2.45, 2.75) is 37.1 Å². The predicted octanol–water partition coefficient (Wildman–Crippen LogP) is 10.5. The third-order valence-corrected chi connectivity index (χ3v) is 32.7. The van der Waals surface area contributed by atoms with Gasteiger partial charge in [0.2, 0.25) is 0 Å². The van der Waals surface area contributed by atoms with E-state index < -0.39 is 28.0 Å². The molecule has 2 unspecified atom stereocenters. The van der Waals surface area contributed by atoms with Crippen LogP contribution in [-0.4, -0.2) is 8.07 Å². The molecule has 5 aromatic rings. The summed E-state index contributed by atoms with van der Waals surface area (Å²) in [6, 6.07) is 44.2. The first-order valence-corrected chi connectivity index (χ1v) is 29.5. The summed E-state index contributed by atoms with van der Waals surface area (Å²) in [5, 5.41) is 5.10. The van der Waals surface area contributed by atoms with E-state index in [4.69, 9.17) is 0 Å². The Hall–Kier alpha value is -3.33. The fourth-order valence-electron chi connectivity index (χ4n) is 8.68. The Labute approximate surface area is 262 Å². The topological polar surface area (TPSA) is 0 Å². The van der Waals surface area contributed by atoms with Crippen LogP contribution in [0.3, 0.4) is 0 Å². The van der Waals surface area contributed by atoms with Gasteiger partial charge in [0.25, 0.3) is 0 Å². The zero-order valence-corrected chi connectivity index (χ0v) is 30.4. The number of allylic oxidation sites excluding steroid dienone is 2. The minimum absolute atomic E-state index is 0.598. The molecule has 0 spiro atoms. The van der Waals surface area contributed by atoms with Crippen molar-refractivity contribution < 1.29 is 20.0 Å². The van der Waals surface area contributed by atoms with Gasteiger partial charge in [0, 0.05) is 0 Å². The zero-order valence-electron chi connectivity index (χ0n) is 25.8. The van der Waals surface area contributed by atoms with E-state index in [2.05, 4.69) is 157 Å². The van der Waals surface area contributed by atoms with Crippen molar-refractivity contribution in [3.8, 4) is 22.3 Å². The summed E-state index contributed by atoms with van der Waals surface area (Å²) in [6.45, 7) is 7.04. The average Bonchev–Trinajstić information content (AvgIpc) is 3.63. The molecule has 0 aromatic heterocycles. The van der Waals surface area contributed by atoms with Crippen LogP contribution in [0, 0.1) is 13.8 Å². The van der Waals surface area contributed by atoms with Crippen molar-refractivity contribution in [3.63, 3.8) is 0 Å². The molecule has 1 aliphatic heterocycles. The Balaban J connectivity index is 1.40. The van der Waals surface area contributed by atoms with E-state index in [1.165, 1.54) is 44.5 Å². The van der Waals surface area contributed by atoms with Crippen LogP contribution in [0.4, 0.5) is 0 Å². The maximum atomic E-state index is 2.77. The third-order valence-electron chi connectivity index (χ3n) is 10.8. The van der Waals surface area contributed by atoms with E-state index in [0.29, 0.717) is 7.35 Å². The molecule has 0 bridgehead atoms. The molecule has 43 heavy (non-hydrogen) atoms. The number of aryl methyl sites for hydroxylation is 2. The molecule has 210 valence electrons. The first kappa shape index (κ1) is 27.2. The monoisotopic (exact) mass is 738 g/mol. The Morgan fingerprint density at radius 2 is 0.953 bits per heavy atom. The Bertz CT molecular complexity index is 1840. The molecular weight excluding hydrogens is 699 g/mol. The van der Waals surface area contributed by atoms with Crippen molar-refractivity contribution in [1.82, 2.24) is 0 Å². The molecule has 3 aliphatic rings. The second-order valence-electron chi connectivity index (χ2n) is 13.7. The fourth-order valence-corrected chi connectivity index (χ4v) is 40.3. The maximum absolute atomic E-state index is 3.12. The van der Waals surface area contributed by atoms with Crippen LogP contribution in [0.15, 0.2) is 126 Å². The van der Waals surface area contributed by atoms with Crippen LogP contribution < -0.4 is 5.19 Å². The molecule has 1 heterocycles. The molecule has 0 saturated carbocycles. The number of fused-ring (bicyclic) bond motifs is 6. The molecule has 8 rings (SSSR count). The summed E-state index contributed by atoms with van der Waals surface area (Å²) in [5.74, 6) is 0. The van der Waals surface area contributed by atoms with Gasteiger partial charge in [-0.2, -0.15) is 0 Å². The fraction of sp³-hybridized carbons (Fsp3) is 0.171. The molecule has 2 atom stereocenters. The quantitative estimate of drug-likeness (QED) is 0.162. The molecule has 0 nitrogen and oxygen atoms in total. The normalized spacial score (nSPS) is 22.6. The Morgan fingerprint density at radius 1 is 0.512 bits per heavy atom. The zero-order chi connectivity index (χ0) is 29.5. The van der Waals surface area contributed by atoms with Gasteiger partial charge in [-0.15, -0.1) is 0 Å². The van der Waals surface area contributed by atoms with Crippen molar-refractivity contribution in [2.24, 2.45) is 0 Å². The van der Waals surface area contributed by atoms with Crippen LogP contribution in [-0.2, 0) is 20.0 Å². The summed E-state index contributed by atoms with van der Waals surface area (Å²) in [4.78, 5) is 0. The molecule has 1 saturated heterocycles. The molecule has 1 fully saturated rings. The molecule has 0 N–H and O–H groups in total. The van der Waals surface area contributed by atoms with Gasteiger partial charge in [0.15, 0.2) is 0 Å². The first-order valence-electron chi connectivity index (χ1n) is 15.7. The van der Waals surface area contributed by atoms with E-state index in [0.717, 1.165) is 0 Å². The van der Waals surface area contributed by atoms with Crippen LogP contribution in [0.2, 0.25) is 15.9 Å². The van der Waals surface area contributed by atoms with E-state index in [9.17, 15) is 0 Å². The van der Waals surface area contributed by atoms with Crippen molar-refractivity contribution in [3.05, 3.63) is 159 Å². The number of rotatable bonds is 3. The van der Waals surface area contributed by atoms with Crippen LogP contribution >= 0.6 is 0 Å². The summed E-state index contributed by atoms with van der Waals surface area (Å²) in [6.07, 6.45) is 5.38. The van der Waals surface area contributed by atoms with E-state index in [1.807, 2.05) is 0 Å². The molecular formula is C41H38HfSi. The van der Waals surface area contributed by atoms with Gasteiger partial charge in [-0.25, -0.2) is 0 Å². The molecule has 0 amide bonds. The standard InChI is InChI=1S/C39H32Si.2CH3.Hf/c1-27-15-19-29(20-16-27)36-13-7-9-31-23-34(25-38(31)36)40(3,33-11-5-4-6-12-33)35-24-32-10-8-14-37(39(32)26-35)30-21-17-28(2)18-22-30;;;/h4-26H,1-3H3;2*1H3;. The van der Waals surface area contributed by atoms with Crippen molar-refractivity contribution in [2.75, 3.05) is 0 Å². The van der Waals surface area contributed by atoms with Crippen LogP contribution in [0.1, 0.15) is 40.7 Å². The van der Waals surface area contributed by atoms with Gasteiger partial charge in [-0.05, 0) is 0 Å². The number of hydrogen-bond acceptors (Lipinski definition) is 0. The molecule has 0 radical (unpaired) electrons. The van der Waals surface area contributed by atoms with E-state index in [1.54, 1.807) is 26.7 Å². The second-order valence-corrected chi connectivity index (χ2v) is 34.9. The van der Waals surface area contributed by atoms with E-state index in [-0.39, 0.29) is 0 Å². The Morgan fingerprint density at radius 3 is 1.40 bits per heavy atom. The first-order chi connectivity index (χ1) is 20.8. The van der Waals surface area contributed by atoms with Crippen molar-refractivity contribution in [1.29, 1.82) is 0 Å². The SMILES string of the molecule is Cc1ccc(-c2cccc3c2C=C2[CH]3[Hf]([CH3])([CH3])[CH]3C(=Cc4c(-c5ccc(C)cc5)cccc43)[Si]2(C)c2ccccc2)cc1. The van der Waals surface area contributed by atoms with Crippen molar-refractivity contribution >= 4 is 25.4 Å². The predicted molar refractivity (Wildman–Crippen MR) is 184 cm³/mol.